The second-order valence-corrected chi connectivity index (χ2v) is 9.90. The fraction of sp³-hybridized carbons (Fsp3) is 0.407. The van der Waals surface area contributed by atoms with E-state index in [-0.39, 0.29) is 11.1 Å². The van der Waals surface area contributed by atoms with Gasteiger partial charge in [0.05, 0.1) is 33.4 Å². The molecule has 0 atom stereocenters. The predicted molar refractivity (Wildman–Crippen MR) is 141 cm³/mol. The van der Waals surface area contributed by atoms with E-state index in [9.17, 15) is 4.79 Å². The number of hydrogen-bond acceptors (Lipinski definition) is 8. The summed E-state index contributed by atoms with van der Waals surface area (Å²) in [6.07, 6.45) is 0.733. The summed E-state index contributed by atoms with van der Waals surface area (Å²) in [5.41, 5.74) is 2.12. The average Bonchev–Trinajstić information content (AvgIpc) is 3.36. The van der Waals surface area contributed by atoms with E-state index in [1.807, 2.05) is 47.1 Å². The first-order valence-electron chi connectivity index (χ1n) is 12.1. The first kappa shape index (κ1) is 26.2. The number of nitrogens with one attached hydrogen (secondary N) is 1. The van der Waals surface area contributed by atoms with Gasteiger partial charge in [-0.2, -0.15) is 0 Å². The number of methoxy groups -OCH3 is 3. The summed E-state index contributed by atoms with van der Waals surface area (Å²) < 4.78 is 18.0. The van der Waals surface area contributed by atoms with Gasteiger partial charge in [0.1, 0.15) is 5.75 Å². The van der Waals surface area contributed by atoms with Crippen LogP contribution in [0.25, 0.3) is 10.9 Å². The zero-order valence-electron chi connectivity index (χ0n) is 22.2. The number of tetrazole rings is 1. The highest BCUT2D eigenvalue weighted by molar-refractivity contribution is 5.80. The molecule has 1 N–H and O–H groups in total. The largest absolute Gasteiger partial charge is 0.497 e. The monoisotopic (exact) mass is 506 g/mol. The smallest absolute Gasteiger partial charge is 0.252 e. The van der Waals surface area contributed by atoms with E-state index in [2.05, 4.69) is 46.2 Å². The number of aromatic nitrogens is 5. The lowest BCUT2D eigenvalue weighted by Gasteiger charge is -2.25. The van der Waals surface area contributed by atoms with Gasteiger partial charge in [-0.3, -0.25) is 9.69 Å². The lowest BCUT2D eigenvalue weighted by molar-refractivity contribution is 0.233. The molecule has 0 fully saturated rings. The Morgan fingerprint density at radius 2 is 1.73 bits per heavy atom. The molecule has 2 aromatic carbocycles. The van der Waals surface area contributed by atoms with Gasteiger partial charge in [-0.05, 0) is 79.6 Å². The van der Waals surface area contributed by atoms with E-state index in [1.54, 1.807) is 21.3 Å². The molecule has 0 saturated carbocycles. The van der Waals surface area contributed by atoms with Crippen molar-refractivity contribution in [1.29, 1.82) is 0 Å². The van der Waals surface area contributed by atoms with Crippen LogP contribution in [-0.4, -0.2) is 58.0 Å². The molecule has 0 aliphatic rings. The molecule has 0 aliphatic heterocycles. The molecule has 10 heteroatoms. The third-order valence-electron chi connectivity index (χ3n) is 6.22. The maximum Gasteiger partial charge on any atom is 0.252 e. The highest BCUT2D eigenvalue weighted by atomic mass is 16.5. The number of benzene rings is 2. The molecule has 0 bridgehead atoms. The molecule has 2 aromatic heterocycles. The van der Waals surface area contributed by atoms with Crippen molar-refractivity contribution in [2.24, 2.45) is 0 Å². The van der Waals surface area contributed by atoms with Crippen LogP contribution in [0, 0.1) is 0 Å². The third-order valence-corrected chi connectivity index (χ3v) is 6.22. The zero-order chi connectivity index (χ0) is 26.6. The fourth-order valence-corrected chi connectivity index (χ4v) is 4.28. The van der Waals surface area contributed by atoms with Gasteiger partial charge in [-0.1, -0.05) is 6.07 Å². The molecule has 0 radical (unpaired) electrons. The van der Waals surface area contributed by atoms with E-state index in [0.29, 0.717) is 36.7 Å². The highest BCUT2D eigenvalue weighted by Crippen LogP contribution is 2.28. The minimum atomic E-state index is -0.273. The highest BCUT2D eigenvalue weighted by Gasteiger charge is 2.22. The summed E-state index contributed by atoms with van der Waals surface area (Å²) in [4.78, 5) is 18.2. The molecule has 2 heterocycles. The van der Waals surface area contributed by atoms with E-state index < -0.39 is 0 Å². The van der Waals surface area contributed by atoms with Gasteiger partial charge in [-0.15, -0.1) is 5.10 Å². The molecule has 0 spiro atoms. The van der Waals surface area contributed by atoms with Crippen LogP contribution in [0.2, 0.25) is 0 Å². The molecule has 0 aliphatic carbocycles. The number of aromatic amines is 1. The van der Waals surface area contributed by atoms with Gasteiger partial charge in [-0.25, -0.2) is 4.68 Å². The number of H-pyrrole nitrogens is 1. The average molecular weight is 507 g/mol. The van der Waals surface area contributed by atoms with Crippen LogP contribution in [0.3, 0.4) is 0 Å². The molecule has 0 saturated heterocycles. The molecular weight excluding hydrogens is 472 g/mol. The van der Waals surface area contributed by atoms with Crippen LogP contribution in [0.1, 0.15) is 37.7 Å². The van der Waals surface area contributed by atoms with Gasteiger partial charge < -0.3 is 19.2 Å². The maximum absolute atomic E-state index is 13.0. The summed E-state index contributed by atoms with van der Waals surface area (Å²) in [7, 11) is 4.87. The van der Waals surface area contributed by atoms with Crippen molar-refractivity contribution in [2.45, 2.75) is 45.8 Å². The first-order valence-corrected chi connectivity index (χ1v) is 12.1. The summed E-state index contributed by atoms with van der Waals surface area (Å²) in [5.74, 6) is 2.84. The quantitative estimate of drug-likeness (QED) is 0.348. The Bertz CT molecular complexity index is 1420. The van der Waals surface area contributed by atoms with Gasteiger partial charge in [0.2, 0.25) is 0 Å². The Hall–Kier alpha value is -3.92. The lowest BCUT2D eigenvalue weighted by atomic mass is 10.1. The molecule has 4 rings (SSSR count). The van der Waals surface area contributed by atoms with Gasteiger partial charge in [0.25, 0.3) is 5.56 Å². The van der Waals surface area contributed by atoms with Crippen molar-refractivity contribution in [1.82, 2.24) is 30.1 Å². The van der Waals surface area contributed by atoms with Crippen LogP contribution in [0.5, 0.6) is 17.2 Å². The zero-order valence-corrected chi connectivity index (χ0v) is 22.2. The molecule has 4 aromatic rings. The molecule has 0 unspecified atom stereocenters. The minimum absolute atomic E-state index is 0.121. The Labute approximate surface area is 216 Å². The van der Waals surface area contributed by atoms with Crippen LogP contribution >= 0.6 is 0 Å². The topological polar surface area (TPSA) is 107 Å². The van der Waals surface area contributed by atoms with Gasteiger partial charge in [0, 0.05) is 29.6 Å². The van der Waals surface area contributed by atoms with Crippen molar-refractivity contribution in [3.05, 3.63) is 69.8 Å². The number of hydrogen-bond donors (Lipinski definition) is 1. The third kappa shape index (κ3) is 6.08. The van der Waals surface area contributed by atoms with E-state index in [1.165, 1.54) is 0 Å². The summed E-state index contributed by atoms with van der Waals surface area (Å²) >= 11 is 0. The Morgan fingerprint density at radius 1 is 0.946 bits per heavy atom. The number of fused-ring (bicyclic) bond motifs is 1. The molecule has 0 amide bonds. The van der Waals surface area contributed by atoms with E-state index in [0.717, 1.165) is 34.5 Å². The number of nitrogens with zero attached hydrogens (tertiary/aromatic N) is 5. The van der Waals surface area contributed by atoms with Crippen molar-refractivity contribution >= 4 is 10.9 Å². The normalized spacial score (nSPS) is 11.8. The fourth-order valence-electron chi connectivity index (χ4n) is 4.28. The van der Waals surface area contributed by atoms with Crippen molar-refractivity contribution < 1.29 is 14.2 Å². The summed E-state index contributed by atoms with van der Waals surface area (Å²) in [5, 5.41) is 13.3. The van der Waals surface area contributed by atoms with Crippen LogP contribution in [0.15, 0.2) is 47.3 Å². The Kier molecular flexibility index (Phi) is 7.77. The van der Waals surface area contributed by atoms with Gasteiger partial charge >= 0.3 is 0 Å². The standard InChI is InChI=1S/C27H34N6O4/c1-27(2,3)33-25(29-30-31-33)17-32(12-11-18-7-10-23(36-5)24(13-18)37-6)16-20-14-19-15-21(35-4)8-9-22(19)28-26(20)34/h7-10,13-15H,11-12,16-17H2,1-6H3,(H,28,34). The van der Waals surface area contributed by atoms with Crippen LogP contribution < -0.4 is 19.8 Å². The second-order valence-electron chi connectivity index (χ2n) is 9.90. The SMILES string of the molecule is COc1ccc2[nH]c(=O)c(CN(CCc3ccc(OC)c(OC)c3)Cc3nnnn3C(C)(C)C)cc2c1. The van der Waals surface area contributed by atoms with Crippen molar-refractivity contribution in [3.63, 3.8) is 0 Å². The second kappa shape index (κ2) is 11.0. The first-order chi connectivity index (χ1) is 17.7. The molecule has 196 valence electrons. The summed E-state index contributed by atoms with van der Waals surface area (Å²) in [6.45, 7) is 7.74. The predicted octanol–water partition coefficient (Wildman–Crippen LogP) is 3.54. The van der Waals surface area contributed by atoms with Crippen LogP contribution in [-0.2, 0) is 25.0 Å². The molecular formula is C27H34N6O4. The van der Waals surface area contributed by atoms with Gasteiger partial charge in [0.15, 0.2) is 17.3 Å². The minimum Gasteiger partial charge on any atom is -0.497 e. The summed E-state index contributed by atoms with van der Waals surface area (Å²) in [6, 6.07) is 13.4. The Balaban J connectivity index is 1.64. The molecule has 37 heavy (non-hydrogen) atoms. The number of pyridine rings is 1. The van der Waals surface area contributed by atoms with E-state index >= 15 is 0 Å². The van der Waals surface area contributed by atoms with Crippen molar-refractivity contribution in [3.8, 4) is 17.2 Å². The Morgan fingerprint density at radius 3 is 2.43 bits per heavy atom. The van der Waals surface area contributed by atoms with Crippen molar-refractivity contribution in [2.75, 3.05) is 27.9 Å². The molecule has 10 nitrogen and oxygen atoms in total. The lowest BCUT2D eigenvalue weighted by Crippen LogP contribution is -2.32. The number of rotatable bonds is 10. The van der Waals surface area contributed by atoms with Crippen LogP contribution in [0.4, 0.5) is 0 Å². The maximum atomic E-state index is 13.0. The van der Waals surface area contributed by atoms with E-state index in [4.69, 9.17) is 14.2 Å². The number of ether oxygens (including phenoxy) is 3.